The maximum Gasteiger partial charge on any atom is 0.0819 e. The summed E-state index contributed by atoms with van der Waals surface area (Å²) in [4.78, 5) is 2.52. The molecule has 1 saturated heterocycles. The molecule has 1 aliphatic rings. The second-order valence-corrected chi connectivity index (χ2v) is 7.34. The third-order valence-electron chi connectivity index (χ3n) is 5.57. The third kappa shape index (κ3) is 4.13. The highest BCUT2D eigenvalue weighted by molar-refractivity contribution is 5.24. The van der Waals surface area contributed by atoms with Crippen LogP contribution in [0.5, 0.6) is 0 Å². The number of aryl methyl sites for hydroxylation is 2. The molecule has 0 spiro atoms. The quantitative estimate of drug-likeness (QED) is 0.867. The van der Waals surface area contributed by atoms with Gasteiger partial charge in [0.25, 0.3) is 0 Å². The minimum absolute atomic E-state index is 0.334. The fraction of sp³-hybridized carbons (Fsp3) is 0.571. The molecule has 1 aromatic carbocycles. The summed E-state index contributed by atoms with van der Waals surface area (Å²) in [5, 5.41) is 15.3. The van der Waals surface area contributed by atoms with Crippen molar-refractivity contribution in [2.45, 2.75) is 59.2 Å². The van der Waals surface area contributed by atoms with E-state index in [1.807, 2.05) is 30.3 Å². The molecule has 2 aromatic rings. The minimum atomic E-state index is -0.334. The Morgan fingerprint density at radius 1 is 1.16 bits per heavy atom. The summed E-state index contributed by atoms with van der Waals surface area (Å²) < 4.78 is 2.15. The van der Waals surface area contributed by atoms with E-state index in [0.717, 1.165) is 56.7 Å². The van der Waals surface area contributed by atoms with Crippen molar-refractivity contribution in [2.75, 3.05) is 13.1 Å². The minimum Gasteiger partial charge on any atom is -0.388 e. The van der Waals surface area contributed by atoms with E-state index in [-0.39, 0.29) is 6.10 Å². The smallest absolute Gasteiger partial charge is 0.0819 e. The van der Waals surface area contributed by atoms with Gasteiger partial charge in [-0.05, 0) is 57.7 Å². The van der Waals surface area contributed by atoms with Crippen molar-refractivity contribution in [1.29, 1.82) is 0 Å². The highest BCUT2D eigenvalue weighted by Crippen LogP contribution is 2.31. The molecule has 1 atom stereocenters. The van der Waals surface area contributed by atoms with E-state index in [4.69, 9.17) is 5.10 Å². The van der Waals surface area contributed by atoms with Gasteiger partial charge in [0.2, 0.25) is 0 Å². The number of hydrogen-bond acceptors (Lipinski definition) is 3. The van der Waals surface area contributed by atoms with Gasteiger partial charge in [0.1, 0.15) is 0 Å². The monoisotopic (exact) mass is 341 g/mol. The van der Waals surface area contributed by atoms with E-state index in [1.54, 1.807) is 0 Å². The van der Waals surface area contributed by atoms with Crippen molar-refractivity contribution in [3.05, 3.63) is 52.8 Å². The summed E-state index contributed by atoms with van der Waals surface area (Å²) in [5.74, 6) is 0.364. The Morgan fingerprint density at radius 3 is 2.48 bits per heavy atom. The fourth-order valence-corrected chi connectivity index (χ4v) is 3.97. The molecular formula is C21H31N3O. The van der Waals surface area contributed by atoms with Crippen LogP contribution >= 0.6 is 0 Å². The van der Waals surface area contributed by atoms with Gasteiger partial charge in [0, 0.05) is 24.3 Å². The van der Waals surface area contributed by atoms with Crippen molar-refractivity contribution in [1.82, 2.24) is 14.7 Å². The van der Waals surface area contributed by atoms with Crippen LogP contribution in [0.1, 0.15) is 54.8 Å². The zero-order valence-electron chi connectivity index (χ0n) is 15.8. The molecule has 4 nitrogen and oxygen atoms in total. The maximum absolute atomic E-state index is 10.6. The Labute approximate surface area is 151 Å². The number of piperidine rings is 1. The van der Waals surface area contributed by atoms with Crippen molar-refractivity contribution < 1.29 is 5.11 Å². The molecule has 0 amide bonds. The SMILES string of the molecule is CCCn1nc(C)c(CN2CCC(C(O)c3ccccc3)CC2)c1C. The molecule has 1 aliphatic heterocycles. The highest BCUT2D eigenvalue weighted by Gasteiger charge is 2.27. The maximum atomic E-state index is 10.6. The number of aliphatic hydroxyl groups excluding tert-OH is 1. The molecule has 0 saturated carbocycles. The number of aromatic nitrogens is 2. The van der Waals surface area contributed by atoms with Crippen LogP contribution in [0.3, 0.4) is 0 Å². The summed E-state index contributed by atoms with van der Waals surface area (Å²) in [6.45, 7) is 10.6. The van der Waals surface area contributed by atoms with Crippen LogP contribution in [-0.2, 0) is 13.1 Å². The molecule has 1 N–H and O–H groups in total. The first-order valence-corrected chi connectivity index (χ1v) is 9.58. The lowest BCUT2D eigenvalue weighted by molar-refractivity contribution is 0.0566. The lowest BCUT2D eigenvalue weighted by Gasteiger charge is -2.34. The summed E-state index contributed by atoms with van der Waals surface area (Å²) in [6, 6.07) is 10.1. The van der Waals surface area contributed by atoms with Crippen LogP contribution in [0.15, 0.2) is 30.3 Å². The molecule has 136 valence electrons. The summed E-state index contributed by atoms with van der Waals surface area (Å²) in [6.07, 6.45) is 2.89. The number of likely N-dealkylation sites (tertiary alicyclic amines) is 1. The average molecular weight is 341 g/mol. The molecule has 0 radical (unpaired) electrons. The van der Waals surface area contributed by atoms with Gasteiger partial charge in [0.15, 0.2) is 0 Å². The number of rotatable bonds is 6. The molecule has 2 heterocycles. The number of benzene rings is 1. The van der Waals surface area contributed by atoms with Crippen molar-refractivity contribution in [3.63, 3.8) is 0 Å². The lowest BCUT2D eigenvalue weighted by Crippen LogP contribution is -2.35. The molecule has 1 fully saturated rings. The second-order valence-electron chi connectivity index (χ2n) is 7.34. The third-order valence-corrected chi connectivity index (χ3v) is 5.57. The van der Waals surface area contributed by atoms with Crippen LogP contribution in [0, 0.1) is 19.8 Å². The molecule has 0 bridgehead atoms. The van der Waals surface area contributed by atoms with Gasteiger partial charge in [-0.1, -0.05) is 37.3 Å². The first-order valence-electron chi connectivity index (χ1n) is 9.58. The van der Waals surface area contributed by atoms with E-state index in [1.165, 1.54) is 11.3 Å². The molecular weight excluding hydrogens is 310 g/mol. The van der Waals surface area contributed by atoms with E-state index < -0.39 is 0 Å². The Balaban J connectivity index is 1.58. The van der Waals surface area contributed by atoms with Crippen LogP contribution in [0.2, 0.25) is 0 Å². The topological polar surface area (TPSA) is 41.3 Å². The number of nitrogens with zero attached hydrogens (tertiary/aromatic N) is 3. The summed E-state index contributed by atoms with van der Waals surface area (Å²) in [5.41, 5.74) is 4.91. The molecule has 1 unspecified atom stereocenters. The van der Waals surface area contributed by atoms with Crippen molar-refractivity contribution in [3.8, 4) is 0 Å². The van der Waals surface area contributed by atoms with Gasteiger partial charge in [-0.3, -0.25) is 9.58 Å². The Morgan fingerprint density at radius 2 is 1.84 bits per heavy atom. The van der Waals surface area contributed by atoms with Crippen molar-refractivity contribution in [2.24, 2.45) is 5.92 Å². The number of hydrogen-bond donors (Lipinski definition) is 1. The summed E-state index contributed by atoms with van der Waals surface area (Å²) >= 11 is 0. The first kappa shape index (κ1) is 18.2. The predicted molar refractivity (Wildman–Crippen MR) is 101 cm³/mol. The molecule has 0 aliphatic carbocycles. The number of aliphatic hydroxyl groups is 1. The van der Waals surface area contributed by atoms with Crippen molar-refractivity contribution >= 4 is 0 Å². The lowest BCUT2D eigenvalue weighted by atomic mass is 9.87. The first-order chi connectivity index (χ1) is 12.1. The Kier molecular flexibility index (Phi) is 5.92. The molecule has 1 aromatic heterocycles. The van der Waals surface area contributed by atoms with Gasteiger partial charge in [-0.2, -0.15) is 5.10 Å². The zero-order valence-corrected chi connectivity index (χ0v) is 15.8. The average Bonchev–Trinajstić information content (AvgIpc) is 2.90. The van der Waals surface area contributed by atoms with Gasteiger partial charge >= 0.3 is 0 Å². The van der Waals surface area contributed by atoms with Gasteiger partial charge < -0.3 is 5.11 Å². The van der Waals surface area contributed by atoms with Gasteiger partial charge in [-0.15, -0.1) is 0 Å². The Hall–Kier alpha value is -1.65. The second kappa shape index (κ2) is 8.15. The van der Waals surface area contributed by atoms with E-state index in [0.29, 0.717) is 5.92 Å². The van der Waals surface area contributed by atoms with E-state index in [9.17, 15) is 5.11 Å². The fourth-order valence-electron chi connectivity index (χ4n) is 3.97. The predicted octanol–water partition coefficient (Wildman–Crippen LogP) is 3.86. The van der Waals surface area contributed by atoms with E-state index in [2.05, 4.69) is 30.4 Å². The summed E-state index contributed by atoms with van der Waals surface area (Å²) in [7, 11) is 0. The normalized spacial score (nSPS) is 17.8. The Bertz CT molecular complexity index is 672. The zero-order chi connectivity index (χ0) is 17.8. The molecule has 25 heavy (non-hydrogen) atoms. The van der Waals surface area contributed by atoms with Crippen LogP contribution in [0.4, 0.5) is 0 Å². The van der Waals surface area contributed by atoms with Crippen LogP contribution in [0.25, 0.3) is 0 Å². The van der Waals surface area contributed by atoms with Gasteiger partial charge in [-0.25, -0.2) is 0 Å². The van der Waals surface area contributed by atoms with Crippen LogP contribution in [-0.4, -0.2) is 32.9 Å². The van der Waals surface area contributed by atoms with Crippen LogP contribution < -0.4 is 0 Å². The standard InChI is InChI=1S/C21H31N3O/c1-4-12-24-17(3)20(16(2)22-24)15-23-13-10-19(11-14-23)21(25)18-8-6-5-7-9-18/h5-9,19,21,25H,4,10-15H2,1-3H3. The van der Waals surface area contributed by atoms with E-state index >= 15 is 0 Å². The molecule has 3 rings (SSSR count). The largest absolute Gasteiger partial charge is 0.388 e. The molecule has 4 heteroatoms. The van der Waals surface area contributed by atoms with Gasteiger partial charge in [0.05, 0.1) is 11.8 Å². The highest BCUT2D eigenvalue weighted by atomic mass is 16.3.